The third kappa shape index (κ3) is 3.56. The topological polar surface area (TPSA) is 34.4 Å². The van der Waals surface area contributed by atoms with Crippen molar-refractivity contribution in [3.05, 3.63) is 74.5 Å². The molecule has 0 unspecified atom stereocenters. The Morgan fingerprint density at radius 1 is 1.24 bits per heavy atom. The molecule has 0 bridgehead atoms. The molecule has 0 atom stereocenters. The maximum Gasteiger partial charge on any atom is 0.279 e. The Hall–Kier alpha value is -1.88. The van der Waals surface area contributed by atoms with E-state index in [0.29, 0.717) is 27.0 Å². The van der Waals surface area contributed by atoms with Crippen LogP contribution in [0.3, 0.4) is 0 Å². The SMILES string of the molecule is C=CCn1c(=NC(=O)c2ccc(C)c(C)c2)sc2cc(Cl)cc(Cl)c21. The minimum atomic E-state index is -0.283. The molecule has 25 heavy (non-hydrogen) atoms. The number of halogens is 2. The fraction of sp³-hybridized carbons (Fsp3) is 0.158. The molecular weight excluding hydrogens is 375 g/mol. The number of hydrogen-bond donors (Lipinski definition) is 0. The van der Waals surface area contributed by atoms with Gasteiger partial charge in [0.2, 0.25) is 0 Å². The summed E-state index contributed by atoms with van der Waals surface area (Å²) in [5.41, 5.74) is 3.57. The Kier molecular flexibility index (Phi) is 5.13. The second-order valence-electron chi connectivity index (χ2n) is 5.73. The number of fused-ring (bicyclic) bond motifs is 1. The van der Waals surface area contributed by atoms with E-state index in [4.69, 9.17) is 23.2 Å². The molecule has 3 aromatic rings. The minimum Gasteiger partial charge on any atom is -0.311 e. The zero-order valence-corrected chi connectivity index (χ0v) is 16.2. The summed E-state index contributed by atoms with van der Waals surface area (Å²) in [6, 6.07) is 9.09. The number of benzene rings is 2. The molecule has 0 aliphatic rings. The third-order valence-electron chi connectivity index (χ3n) is 3.96. The number of amides is 1. The highest BCUT2D eigenvalue weighted by molar-refractivity contribution is 7.16. The number of carbonyl (C=O) groups is 1. The number of allylic oxidation sites excluding steroid dienone is 1. The molecule has 1 aromatic heterocycles. The lowest BCUT2D eigenvalue weighted by Gasteiger charge is -2.04. The van der Waals surface area contributed by atoms with Gasteiger partial charge in [-0.2, -0.15) is 4.99 Å². The summed E-state index contributed by atoms with van der Waals surface area (Å²) in [5, 5.41) is 1.08. The van der Waals surface area contributed by atoms with Crippen molar-refractivity contribution in [2.45, 2.75) is 20.4 Å². The zero-order chi connectivity index (χ0) is 18.1. The Bertz CT molecular complexity index is 1060. The lowest BCUT2D eigenvalue weighted by atomic mass is 10.1. The van der Waals surface area contributed by atoms with E-state index in [1.165, 1.54) is 11.3 Å². The lowest BCUT2D eigenvalue weighted by Crippen LogP contribution is -2.16. The van der Waals surface area contributed by atoms with Crippen molar-refractivity contribution in [3.8, 4) is 0 Å². The molecule has 1 amide bonds. The van der Waals surface area contributed by atoms with Crippen molar-refractivity contribution < 1.29 is 4.79 Å². The maximum absolute atomic E-state index is 12.6. The molecule has 1 heterocycles. The fourth-order valence-electron chi connectivity index (χ4n) is 2.54. The van der Waals surface area contributed by atoms with Crippen molar-refractivity contribution in [2.24, 2.45) is 4.99 Å². The standard InChI is InChI=1S/C19H16Cl2N2OS/c1-4-7-23-17-15(21)9-14(20)10-16(17)25-19(23)22-18(24)13-6-5-11(2)12(3)8-13/h4-6,8-10H,1,7H2,2-3H3. The Morgan fingerprint density at radius 3 is 2.68 bits per heavy atom. The first-order chi connectivity index (χ1) is 11.9. The Balaban J connectivity index is 2.19. The van der Waals surface area contributed by atoms with E-state index < -0.39 is 0 Å². The monoisotopic (exact) mass is 390 g/mol. The number of carbonyl (C=O) groups excluding carboxylic acids is 1. The van der Waals surface area contributed by atoms with Crippen LogP contribution in [-0.2, 0) is 6.54 Å². The van der Waals surface area contributed by atoms with Crippen LogP contribution in [0.1, 0.15) is 21.5 Å². The summed E-state index contributed by atoms with van der Waals surface area (Å²) in [5.74, 6) is -0.283. The summed E-state index contributed by atoms with van der Waals surface area (Å²) < 4.78 is 2.76. The van der Waals surface area contributed by atoms with E-state index in [1.54, 1.807) is 18.2 Å². The van der Waals surface area contributed by atoms with Crippen molar-refractivity contribution in [3.63, 3.8) is 0 Å². The maximum atomic E-state index is 12.6. The number of nitrogens with zero attached hydrogens (tertiary/aromatic N) is 2. The smallest absolute Gasteiger partial charge is 0.279 e. The minimum absolute atomic E-state index is 0.283. The van der Waals surface area contributed by atoms with Crippen LogP contribution in [0.2, 0.25) is 10.0 Å². The van der Waals surface area contributed by atoms with Crippen molar-refractivity contribution in [1.29, 1.82) is 0 Å². The van der Waals surface area contributed by atoms with Gasteiger partial charge in [-0.15, -0.1) is 6.58 Å². The summed E-state index contributed by atoms with van der Waals surface area (Å²) in [6.07, 6.45) is 1.75. The molecule has 0 saturated heterocycles. The van der Waals surface area contributed by atoms with Gasteiger partial charge in [0.05, 0.1) is 15.2 Å². The van der Waals surface area contributed by atoms with Crippen LogP contribution in [-0.4, -0.2) is 10.5 Å². The number of thiazole rings is 1. The molecule has 0 aliphatic heterocycles. The summed E-state index contributed by atoms with van der Waals surface area (Å²) in [4.78, 5) is 17.5. The van der Waals surface area contributed by atoms with Gasteiger partial charge >= 0.3 is 0 Å². The molecule has 0 N–H and O–H groups in total. The number of hydrogen-bond acceptors (Lipinski definition) is 2. The van der Waals surface area contributed by atoms with E-state index in [9.17, 15) is 4.79 Å². The highest BCUT2D eigenvalue weighted by Gasteiger charge is 2.12. The molecule has 6 heteroatoms. The van der Waals surface area contributed by atoms with Gasteiger partial charge in [-0.3, -0.25) is 4.79 Å². The molecule has 3 nitrogen and oxygen atoms in total. The predicted molar refractivity (Wildman–Crippen MR) is 106 cm³/mol. The normalized spacial score (nSPS) is 11.9. The van der Waals surface area contributed by atoms with Crippen LogP contribution in [0, 0.1) is 13.8 Å². The van der Waals surface area contributed by atoms with Crippen LogP contribution >= 0.6 is 34.5 Å². The highest BCUT2D eigenvalue weighted by atomic mass is 35.5. The van der Waals surface area contributed by atoms with Crippen molar-refractivity contribution in [1.82, 2.24) is 4.57 Å². The molecule has 0 aliphatic carbocycles. The Labute approximate surface area is 159 Å². The van der Waals surface area contributed by atoms with Crippen molar-refractivity contribution >= 4 is 50.7 Å². The van der Waals surface area contributed by atoms with Crippen LogP contribution in [0.4, 0.5) is 0 Å². The number of aromatic nitrogens is 1. The second kappa shape index (κ2) is 7.16. The molecule has 128 valence electrons. The second-order valence-corrected chi connectivity index (χ2v) is 7.59. The third-order valence-corrected chi connectivity index (χ3v) is 5.49. The summed E-state index contributed by atoms with van der Waals surface area (Å²) in [7, 11) is 0. The van der Waals surface area contributed by atoms with Gasteiger partial charge in [-0.05, 0) is 49.2 Å². The van der Waals surface area contributed by atoms with Crippen LogP contribution in [0.25, 0.3) is 10.2 Å². The average Bonchev–Trinajstić information content (AvgIpc) is 2.87. The van der Waals surface area contributed by atoms with Gasteiger partial charge in [-0.1, -0.05) is 46.7 Å². The Morgan fingerprint density at radius 2 is 2.00 bits per heavy atom. The van der Waals surface area contributed by atoms with E-state index in [1.807, 2.05) is 36.6 Å². The quantitative estimate of drug-likeness (QED) is 0.539. The van der Waals surface area contributed by atoms with Crippen LogP contribution in [0.5, 0.6) is 0 Å². The number of aryl methyl sites for hydroxylation is 2. The van der Waals surface area contributed by atoms with Gasteiger partial charge in [0.15, 0.2) is 4.80 Å². The van der Waals surface area contributed by atoms with E-state index in [0.717, 1.165) is 21.3 Å². The van der Waals surface area contributed by atoms with Gasteiger partial charge in [-0.25, -0.2) is 0 Å². The van der Waals surface area contributed by atoms with E-state index in [2.05, 4.69) is 11.6 Å². The van der Waals surface area contributed by atoms with Crippen LogP contribution in [0.15, 0.2) is 48.0 Å². The fourth-order valence-corrected chi connectivity index (χ4v) is 4.36. The van der Waals surface area contributed by atoms with Gasteiger partial charge in [0, 0.05) is 17.1 Å². The molecule has 0 spiro atoms. The van der Waals surface area contributed by atoms with Crippen molar-refractivity contribution in [2.75, 3.05) is 0 Å². The zero-order valence-electron chi connectivity index (χ0n) is 13.8. The van der Waals surface area contributed by atoms with Crippen LogP contribution < -0.4 is 4.80 Å². The molecule has 0 radical (unpaired) electrons. The molecule has 0 fully saturated rings. The number of rotatable bonds is 3. The van der Waals surface area contributed by atoms with Gasteiger partial charge < -0.3 is 4.57 Å². The molecule has 0 saturated carbocycles. The largest absolute Gasteiger partial charge is 0.311 e. The molecule has 2 aromatic carbocycles. The molecule has 3 rings (SSSR count). The van der Waals surface area contributed by atoms with E-state index >= 15 is 0 Å². The lowest BCUT2D eigenvalue weighted by molar-refractivity contribution is 0.0998. The summed E-state index contributed by atoms with van der Waals surface area (Å²) in [6.45, 7) is 8.27. The van der Waals surface area contributed by atoms with E-state index in [-0.39, 0.29) is 5.91 Å². The van der Waals surface area contributed by atoms with Gasteiger partial charge in [0.25, 0.3) is 5.91 Å². The molecular formula is C19H16Cl2N2OS. The summed E-state index contributed by atoms with van der Waals surface area (Å²) >= 11 is 13.8. The van der Waals surface area contributed by atoms with Gasteiger partial charge in [0.1, 0.15) is 0 Å². The predicted octanol–water partition coefficient (Wildman–Crippen LogP) is 5.55. The first-order valence-corrected chi connectivity index (χ1v) is 9.23. The highest BCUT2D eigenvalue weighted by Crippen LogP contribution is 2.29. The first kappa shape index (κ1) is 17.9. The first-order valence-electron chi connectivity index (χ1n) is 7.66. The average molecular weight is 391 g/mol.